The van der Waals surface area contributed by atoms with Crippen LogP contribution in [0.4, 0.5) is 0 Å². The molecule has 1 amide bonds. The van der Waals surface area contributed by atoms with Crippen LogP contribution in [0.25, 0.3) is 6.08 Å². The first-order valence-corrected chi connectivity index (χ1v) is 9.06. The van der Waals surface area contributed by atoms with Gasteiger partial charge in [0, 0.05) is 39.0 Å². The molecule has 1 aromatic carbocycles. The van der Waals surface area contributed by atoms with Gasteiger partial charge in [0.1, 0.15) is 0 Å². The van der Waals surface area contributed by atoms with Gasteiger partial charge in [-0.25, -0.2) is 4.79 Å². The monoisotopic (exact) mass is 409 g/mol. The molecule has 0 atom stereocenters. The second-order valence-corrected chi connectivity index (χ2v) is 7.30. The second kappa shape index (κ2) is 8.59. The maximum atomic E-state index is 12.7. The lowest BCUT2D eigenvalue weighted by Crippen LogP contribution is -2.38. The zero-order valence-electron chi connectivity index (χ0n) is 15.6. The summed E-state index contributed by atoms with van der Waals surface area (Å²) in [4.78, 5) is 38.2. The number of nitrogens with zero attached hydrogens (tertiary/aromatic N) is 3. The summed E-state index contributed by atoms with van der Waals surface area (Å²) in [6.07, 6.45) is 4.17. The van der Waals surface area contributed by atoms with Gasteiger partial charge >= 0.3 is 5.69 Å². The molecule has 1 aromatic heterocycles. The fourth-order valence-corrected chi connectivity index (χ4v) is 2.88. The molecule has 0 saturated heterocycles. The van der Waals surface area contributed by atoms with Crippen molar-refractivity contribution in [3.05, 3.63) is 72.5 Å². The number of hydrogen-bond donors (Lipinski definition) is 0. The molecular weight excluding hydrogens is 389 g/mol. The van der Waals surface area contributed by atoms with Crippen molar-refractivity contribution in [3.8, 4) is 0 Å². The van der Waals surface area contributed by atoms with E-state index in [2.05, 4.69) is 0 Å². The Morgan fingerprint density at radius 2 is 1.85 bits per heavy atom. The molecule has 0 aliphatic rings. The highest BCUT2D eigenvalue weighted by molar-refractivity contribution is 6.42. The molecule has 0 bridgehead atoms. The van der Waals surface area contributed by atoms with Gasteiger partial charge in [0.15, 0.2) is 0 Å². The molecule has 0 radical (unpaired) electrons. The topological polar surface area (TPSA) is 64.3 Å². The average molecular weight is 410 g/mol. The van der Waals surface area contributed by atoms with Gasteiger partial charge in [-0.1, -0.05) is 29.3 Å². The van der Waals surface area contributed by atoms with E-state index in [0.29, 0.717) is 16.6 Å². The van der Waals surface area contributed by atoms with Crippen LogP contribution >= 0.6 is 23.2 Å². The molecule has 2 rings (SSSR count). The zero-order chi connectivity index (χ0) is 20.3. The van der Waals surface area contributed by atoms with Gasteiger partial charge in [-0.2, -0.15) is 0 Å². The molecule has 0 N–H and O–H groups in total. The average Bonchev–Trinajstić information content (AvgIpc) is 2.62. The third-order valence-corrected chi connectivity index (χ3v) is 4.86. The van der Waals surface area contributed by atoms with Crippen LogP contribution in [0.5, 0.6) is 0 Å². The van der Waals surface area contributed by atoms with Crippen molar-refractivity contribution in [1.82, 2.24) is 14.0 Å². The molecule has 144 valence electrons. The molecule has 8 heteroatoms. The quantitative estimate of drug-likeness (QED) is 0.713. The van der Waals surface area contributed by atoms with Crippen molar-refractivity contribution in [2.45, 2.75) is 26.4 Å². The van der Waals surface area contributed by atoms with Gasteiger partial charge in [-0.05, 0) is 37.6 Å². The fraction of sp³-hybridized carbons (Fsp3) is 0.316. The SMILES string of the molecule is CC(C)N(Cc1ccc(Cl)c(Cl)c1)C(=O)/C=C/c1cn(C)c(=O)n(C)c1=O. The van der Waals surface area contributed by atoms with E-state index >= 15 is 0 Å². The Kier molecular flexibility index (Phi) is 6.68. The standard InChI is InChI=1S/C19H21Cl2N3O3/c1-12(2)24(10-13-5-7-15(20)16(21)9-13)17(25)8-6-14-11-22(3)19(27)23(4)18(14)26/h5-9,11-12H,10H2,1-4H3/b8-6+. The normalized spacial score (nSPS) is 11.4. The molecule has 27 heavy (non-hydrogen) atoms. The Labute approximate surface area is 167 Å². The predicted molar refractivity (Wildman–Crippen MR) is 108 cm³/mol. The number of aromatic nitrogens is 2. The number of carbonyl (C=O) groups is 1. The number of hydrogen-bond acceptors (Lipinski definition) is 3. The summed E-state index contributed by atoms with van der Waals surface area (Å²) in [6, 6.07) is 5.15. The highest BCUT2D eigenvalue weighted by Crippen LogP contribution is 2.23. The summed E-state index contributed by atoms with van der Waals surface area (Å²) < 4.78 is 2.29. The number of carbonyl (C=O) groups excluding carboxylic acids is 1. The number of rotatable bonds is 5. The number of amides is 1. The van der Waals surface area contributed by atoms with Crippen LogP contribution in [0.1, 0.15) is 25.0 Å². The Balaban J connectivity index is 2.27. The van der Waals surface area contributed by atoms with E-state index in [9.17, 15) is 14.4 Å². The smallest absolute Gasteiger partial charge is 0.330 e. The fourth-order valence-electron chi connectivity index (χ4n) is 2.56. The summed E-state index contributed by atoms with van der Waals surface area (Å²) in [6.45, 7) is 4.14. The summed E-state index contributed by atoms with van der Waals surface area (Å²) >= 11 is 12.0. The summed E-state index contributed by atoms with van der Waals surface area (Å²) in [7, 11) is 2.94. The first kappa shape index (κ1) is 21.0. The highest BCUT2D eigenvalue weighted by Gasteiger charge is 2.16. The van der Waals surface area contributed by atoms with Gasteiger partial charge in [-0.3, -0.25) is 14.2 Å². The van der Waals surface area contributed by atoms with Crippen molar-refractivity contribution >= 4 is 35.2 Å². The third-order valence-electron chi connectivity index (χ3n) is 4.12. The Bertz CT molecular complexity index is 1010. The van der Waals surface area contributed by atoms with Crippen LogP contribution in [0, 0.1) is 0 Å². The van der Waals surface area contributed by atoms with Crippen LogP contribution in [0.2, 0.25) is 10.0 Å². The van der Waals surface area contributed by atoms with E-state index in [4.69, 9.17) is 23.2 Å². The van der Waals surface area contributed by atoms with Crippen LogP contribution in [0.3, 0.4) is 0 Å². The Morgan fingerprint density at radius 1 is 1.19 bits per heavy atom. The summed E-state index contributed by atoms with van der Waals surface area (Å²) in [5, 5.41) is 0.878. The lowest BCUT2D eigenvalue weighted by molar-refractivity contribution is -0.128. The molecule has 0 spiro atoms. The molecule has 0 fully saturated rings. The molecule has 0 saturated carbocycles. The number of benzene rings is 1. The third kappa shape index (κ3) is 4.90. The van der Waals surface area contributed by atoms with E-state index in [-0.39, 0.29) is 17.5 Å². The van der Waals surface area contributed by atoms with Crippen LogP contribution in [-0.4, -0.2) is 26.0 Å². The van der Waals surface area contributed by atoms with E-state index in [0.717, 1.165) is 10.1 Å². The maximum Gasteiger partial charge on any atom is 0.330 e. The van der Waals surface area contributed by atoms with Gasteiger partial charge in [-0.15, -0.1) is 0 Å². The molecule has 0 aliphatic carbocycles. The van der Waals surface area contributed by atoms with E-state index in [1.807, 2.05) is 19.9 Å². The van der Waals surface area contributed by atoms with Gasteiger partial charge in [0.05, 0.1) is 15.6 Å². The minimum Gasteiger partial charge on any atom is -0.332 e. The van der Waals surface area contributed by atoms with E-state index in [1.165, 1.54) is 30.0 Å². The second-order valence-electron chi connectivity index (χ2n) is 6.48. The van der Waals surface area contributed by atoms with Crippen LogP contribution in [0.15, 0.2) is 40.1 Å². The van der Waals surface area contributed by atoms with Gasteiger partial charge in [0.2, 0.25) is 5.91 Å². The van der Waals surface area contributed by atoms with Crippen molar-refractivity contribution in [2.24, 2.45) is 14.1 Å². The van der Waals surface area contributed by atoms with Crippen LogP contribution in [-0.2, 0) is 25.4 Å². The van der Waals surface area contributed by atoms with Gasteiger partial charge < -0.3 is 9.47 Å². The van der Waals surface area contributed by atoms with Gasteiger partial charge in [0.25, 0.3) is 5.56 Å². The number of aryl methyl sites for hydroxylation is 1. The minimum absolute atomic E-state index is 0.0698. The zero-order valence-corrected chi connectivity index (χ0v) is 17.1. The first-order valence-electron chi connectivity index (χ1n) is 8.31. The van der Waals surface area contributed by atoms with Crippen molar-refractivity contribution in [1.29, 1.82) is 0 Å². The number of halogens is 2. The highest BCUT2D eigenvalue weighted by atomic mass is 35.5. The van der Waals surface area contributed by atoms with Crippen molar-refractivity contribution in [2.75, 3.05) is 0 Å². The van der Waals surface area contributed by atoms with E-state index in [1.54, 1.807) is 24.1 Å². The lowest BCUT2D eigenvalue weighted by Gasteiger charge is -2.25. The molecule has 0 aliphatic heterocycles. The Hall–Kier alpha value is -2.31. The Morgan fingerprint density at radius 3 is 2.44 bits per heavy atom. The van der Waals surface area contributed by atoms with Crippen molar-refractivity contribution in [3.63, 3.8) is 0 Å². The van der Waals surface area contributed by atoms with Crippen molar-refractivity contribution < 1.29 is 4.79 Å². The molecule has 0 unspecified atom stereocenters. The van der Waals surface area contributed by atoms with E-state index < -0.39 is 11.2 Å². The first-order chi connectivity index (χ1) is 12.6. The molecule has 6 nitrogen and oxygen atoms in total. The predicted octanol–water partition coefficient (Wildman–Crippen LogP) is 2.84. The molecule has 1 heterocycles. The summed E-state index contributed by atoms with van der Waals surface area (Å²) in [5.41, 5.74) is 0.221. The maximum absolute atomic E-state index is 12.7. The van der Waals surface area contributed by atoms with Crippen LogP contribution < -0.4 is 11.2 Å². The lowest BCUT2D eigenvalue weighted by atomic mass is 10.1. The molecular formula is C19H21Cl2N3O3. The largest absolute Gasteiger partial charge is 0.332 e. The molecule has 2 aromatic rings. The minimum atomic E-state index is -0.456. The summed E-state index contributed by atoms with van der Waals surface area (Å²) in [5.74, 6) is -0.257.